The van der Waals surface area contributed by atoms with Crippen molar-refractivity contribution >= 4 is 11.8 Å². The van der Waals surface area contributed by atoms with Gasteiger partial charge in [-0.15, -0.1) is 0 Å². The standard InChI is InChI=1S/C20H25N5O2/c1-15-12-21-25(13-15)18-6-2-16(3-7-18)20(27)24-10-8-23(9-11-24)14-19(26)22-17-4-5-17/h2-3,6-7,12-13,17H,4-5,8-11,14H2,1H3,(H,22,26). The van der Waals surface area contributed by atoms with Gasteiger partial charge in [0.25, 0.3) is 5.91 Å². The third-order valence-electron chi connectivity index (χ3n) is 5.06. The number of amides is 2. The Hall–Kier alpha value is -2.67. The van der Waals surface area contributed by atoms with E-state index in [1.54, 1.807) is 4.68 Å². The molecule has 1 aliphatic carbocycles. The van der Waals surface area contributed by atoms with Gasteiger partial charge in [0.15, 0.2) is 0 Å². The lowest BCUT2D eigenvalue weighted by Gasteiger charge is -2.34. The summed E-state index contributed by atoms with van der Waals surface area (Å²) >= 11 is 0. The van der Waals surface area contributed by atoms with Crippen LogP contribution in [0.25, 0.3) is 5.69 Å². The van der Waals surface area contributed by atoms with E-state index in [0.717, 1.165) is 37.2 Å². The first kappa shape index (κ1) is 17.7. The Balaban J connectivity index is 1.30. The molecule has 7 heteroatoms. The lowest BCUT2D eigenvalue weighted by Crippen LogP contribution is -2.51. The molecule has 0 spiro atoms. The van der Waals surface area contributed by atoms with Crippen LogP contribution in [0.5, 0.6) is 0 Å². The molecule has 1 aromatic heterocycles. The number of nitrogens with zero attached hydrogens (tertiary/aromatic N) is 4. The second-order valence-electron chi connectivity index (χ2n) is 7.42. The Morgan fingerprint density at radius 2 is 1.81 bits per heavy atom. The van der Waals surface area contributed by atoms with E-state index in [1.165, 1.54) is 0 Å². The molecular formula is C20H25N5O2. The maximum absolute atomic E-state index is 12.7. The van der Waals surface area contributed by atoms with Crippen molar-refractivity contribution in [2.75, 3.05) is 32.7 Å². The van der Waals surface area contributed by atoms with E-state index in [0.29, 0.717) is 31.2 Å². The van der Waals surface area contributed by atoms with Crippen LogP contribution >= 0.6 is 0 Å². The third kappa shape index (κ3) is 4.36. The number of rotatable bonds is 5. The van der Waals surface area contributed by atoms with Gasteiger partial charge in [-0.1, -0.05) is 0 Å². The minimum atomic E-state index is 0.0419. The van der Waals surface area contributed by atoms with Gasteiger partial charge in [0.2, 0.25) is 5.91 Å². The van der Waals surface area contributed by atoms with E-state index in [2.05, 4.69) is 15.3 Å². The zero-order valence-corrected chi connectivity index (χ0v) is 15.6. The van der Waals surface area contributed by atoms with Crippen LogP contribution in [-0.2, 0) is 4.79 Å². The average molecular weight is 367 g/mol. The van der Waals surface area contributed by atoms with Crippen molar-refractivity contribution in [3.05, 3.63) is 47.8 Å². The number of hydrogen-bond acceptors (Lipinski definition) is 4. The smallest absolute Gasteiger partial charge is 0.253 e. The van der Waals surface area contributed by atoms with Gasteiger partial charge in [0, 0.05) is 44.0 Å². The summed E-state index contributed by atoms with van der Waals surface area (Å²) in [5, 5.41) is 7.30. The van der Waals surface area contributed by atoms with Crippen molar-refractivity contribution in [3.8, 4) is 5.69 Å². The predicted molar refractivity (Wildman–Crippen MR) is 102 cm³/mol. The summed E-state index contributed by atoms with van der Waals surface area (Å²) in [7, 11) is 0. The van der Waals surface area contributed by atoms with E-state index < -0.39 is 0 Å². The Labute approximate surface area is 158 Å². The maximum atomic E-state index is 12.7. The summed E-state index contributed by atoms with van der Waals surface area (Å²) in [4.78, 5) is 28.6. The highest BCUT2D eigenvalue weighted by Crippen LogP contribution is 2.18. The Morgan fingerprint density at radius 3 is 2.41 bits per heavy atom. The maximum Gasteiger partial charge on any atom is 0.253 e. The first-order chi connectivity index (χ1) is 13.1. The van der Waals surface area contributed by atoms with Crippen molar-refractivity contribution in [2.24, 2.45) is 0 Å². The molecule has 0 bridgehead atoms. The molecule has 27 heavy (non-hydrogen) atoms. The number of piperazine rings is 1. The van der Waals surface area contributed by atoms with Gasteiger partial charge in [0.05, 0.1) is 18.4 Å². The molecule has 2 aromatic rings. The summed E-state index contributed by atoms with van der Waals surface area (Å²) in [6.45, 7) is 5.18. The fourth-order valence-corrected chi connectivity index (χ4v) is 3.31. The van der Waals surface area contributed by atoms with Gasteiger partial charge in [-0.2, -0.15) is 5.10 Å². The van der Waals surface area contributed by atoms with Crippen LogP contribution in [-0.4, -0.2) is 70.2 Å². The molecule has 1 N–H and O–H groups in total. The molecule has 0 atom stereocenters. The molecule has 1 saturated heterocycles. The molecule has 1 saturated carbocycles. The molecular weight excluding hydrogens is 342 g/mol. The average Bonchev–Trinajstić information content (AvgIpc) is 3.38. The minimum Gasteiger partial charge on any atom is -0.352 e. The highest BCUT2D eigenvalue weighted by atomic mass is 16.2. The van der Waals surface area contributed by atoms with Crippen molar-refractivity contribution in [1.82, 2.24) is 24.9 Å². The van der Waals surface area contributed by atoms with Gasteiger partial charge in [-0.05, 0) is 49.6 Å². The number of benzene rings is 1. The van der Waals surface area contributed by atoms with Gasteiger partial charge >= 0.3 is 0 Å². The summed E-state index contributed by atoms with van der Waals surface area (Å²) in [5.41, 5.74) is 2.72. The zero-order valence-electron chi connectivity index (χ0n) is 15.6. The topological polar surface area (TPSA) is 70.5 Å². The van der Waals surface area contributed by atoms with Crippen LogP contribution in [0.15, 0.2) is 36.7 Å². The zero-order chi connectivity index (χ0) is 18.8. The van der Waals surface area contributed by atoms with Gasteiger partial charge in [-0.3, -0.25) is 14.5 Å². The Morgan fingerprint density at radius 1 is 1.11 bits per heavy atom. The molecule has 2 fully saturated rings. The van der Waals surface area contributed by atoms with Gasteiger partial charge in [-0.25, -0.2) is 4.68 Å². The van der Waals surface area contributed by atoms with Crippen LogP contribution in [0.4, 0.5) is 0 Å². The van der Waals surface area contributed by atoms with Gasteiger partial charge < -0.3 is 10.2 Å². The van der Waals surface area contributed by atoms with E-state index in [4.69, 9.17) is 0 Å². The summed E-state index contributed by atoms with van der Waals surface area (Å²) in [5.74, 6) is 0.141. The molecule has 1 aliphatic heterocycles. The van der Waals surface area contributed by atoms with Gasteiger partial charge in [0.1, 0.15) is 0 Å². The molecule has 0 radical (unpaired) electrons. The fraction of sp³-hybridized carbons (Fsp3) is 0.450. The number of aryl methyl sites for hydroxylation is 1. The highest BCUT2D eigenvalue weighted by Gasteiger charge is 2.26. The Kier molecular flexibility index (Phi) is 4.94. The normalized spacial score (nSPS) is 17.7. The van der Waals surface area contributed by atoms with Crippen molar-refractivity contribution in [3.63, 3.8) is 0 Å². The van der Waals surface area contributed by atoms with E-state index in [1.807, 2.05) is 48.5 Å². The molecule has 7 nitrogen and oxygen atoms in total. The van der Waals surface area contributed by atoms with Crippen LogP contribution in [0, 0.1) is 6.92 Å². The van der Waals surface area contributed by atoms with E-state index in [9.17, 15) is 9.59 Å². The second kappa shape index (κ2) is 7.52. The summed E-state index contributed by atoms with van der Waals surface area (Å²) < 4.78 is 1.80. The third-order valence-corrected chi connectivity index (χ3v) is 5.06. The van der Waals surface area contributed by atoms with Crippen molar-refractivity contribution < 1.29 is 9.59 Å². The lowest BCUT2D eigenvalue weighted by molar-refractivity contribution is -0.122. The molecule has 1 aromatic carbocycles. The molecule has 2 heterocycles. The predicted octanol–water partition coefficient (Wildman–Crippen LogP) is 1.22. The number of aromatic nitrogens is 2. The second-order valence-corrected chi connectivity index (χ2v) is 7.42. The van der Waals surface area contributed by atoms with Crippen molar-refractivity contribution in [1.29, 1.82) is 0 Å². The largest absolute Gasteiger partial charge is 0.352 e. The van der Waals surface area contributed by atoms with E-state index in [-0.39, 0.29) is 11.8 Å². The SMILES string of the molecule is Cc1cnn(-c2ccc(C(=O)N3CCN(CC(=O)NC4CC4)CC3)cc2)c1. The monoisotopic (exact) mass is 367 g/mol. The van der Waals surface area contributed by atoms with Crippen molar-refractivity contribution in [2.45, 2.75) is 25.8 Å². The number of carbonyl (C=O) groups excluding carboxylic acids is 2. The number of carbonyl (C=O) groups is 2. The van der Waals surface area contributed by atoms with Crippen LogP contribution in [0.2, 0.25) is 0 Å². The highest BCUT2D eigenvalue weighted by molar-refractivity contribution is 5.94. The quantitative estimate of drug-likeness (QED) is 0.863. The number of hydrogen-bond donors (Lipinski definition) is 1. The number of nitrogens with one attached hydrogen (secondary N) is 1. The summed E-state index contributed by atoms with van der Waals surface area (Å²) in [6.07, 6.45) is 5.97. The van der Waals surface area contributed by atoms with Crippen LogP contribution in [0.1, 0.15) is 28.8 Å². The molecule has 2 aliphatic rings. The Bertz CT molecular complexity index is 817. The molecule has 4 rings (SSSR count). The molecule has 0 unspecified atom stereocenters. The minimum absolute atomic E-state index is 0.0419. The lowest BCUT2D eigenvalue weighted by atomic mass is 10.1. The van der Waals surface area contributed by atoms with Crippen LogP contribution < -0.4 is 5.32 Å². The van der Waals surface area contributed by atoms with E-state index >= 15 is 0 Å². The fourth-order valence-electron chi connectivity index (χ4n) is 3.31. The first-order valence-electron chi connectivity index (χ1n) is 9.51. The molecule has 142 valence electrons. The summed E-state index contributed by atoms with van der Waals surface area (Å²) in [6, 6.07) is 7.93. The first-order valence-corrected chi connectivity index (χ1v) is 9.51. The van der Waals surface area contributed by atoms with Crippen LogP contribution in [0.3, 0.4) is 0 Å². The molecule has 2 amide bonds.